The Balaban J connectivity index is 2.12. The lowest BCUT2D eigenvalue weighted by atomic mass is 9.89. The second kappa shape index (κ2) is 6.72. The quantitative estimate of drug-likeness (QED) is 0.778. The van der Waals surface area contributed by atoms with E-state index < -0.39 is 6.10 Å². The fourth-order valence-electron chi connectivity index (χ4n) is 2.26. The molecule has 0 bridgehead atoms. The summed E-state index contributed by atoms with van der Waals surface area (Å²) < 4.78 is 5.79. The Labute approximate surface area is 106 Å². The largest absolute Gasteiger partial charge is 0.389 e. The predicted octanol–water partition coefficient (Wildman–Crippen LogP) is 2.33. The maximum Gasteiger partial charge on any atom is 0.0898 e. The van der Waals surface area contributed by atoms with E-state index in [0.29, 0.717) is 19.3 Å². The van der Waals surface area contributed by atoms with E-state index in [1.165, 1.54) is 12.8 Å². The first-order valence-corrected chi connectivity index (χ1v) is 6.91. The zero-order chi connectivity index (χ0) is 12.9. The molecule has 3 nitrogen and oxygen atoms in total. The van der Waals surface area contributed by atoms with E-state index in [9.17, 15) is 5.11 Å². The number of hydrogen-bond acceptors (Lipinski definition) is 3. The fraction of sp³-hybridized carbons (Fsp3) is 1.00. The minimum atomic E-state index is -0.397. The molecule has 0 aromatic rings. The highest BCUT2D eigenvalue weighted by molar-refractivity contribution is 4.74. The van der Waals surface area contributed by atoms with Gasteiger partial charge in [0.05, 0.1) is 18.8 Å². The molecule has 0 radical (unpaired) electrons. The normalized spacial score (nSPS) is 28.1. The number of rotatable bonds is 5. The topological polar surface area (TPSA) is 41.5 Å². The van der Waals surface area contributed by atoms with Crippen molar-refractivity contribution in [1.82, 2.24) is 5.32 Å². The average molecular weight is 243 g/mol. The summed E-state index contributed by atoms with van der Waals surface area (Å²) in [4.78, 5) is 0. The van der Waals surface area contributed by atoms with Crippen molar-refractivity contribution < 1.29 is 9.84 Å². The van der Waals surface area contributed by atoms with Crippen LogP contribution in [0.4, 0.5) is 0 Å². The van der Waals surface area contributed by atoms with Crippen molar-refractivity contribution in [1.29, 1.82) is 0 Å². The van der Waals surface area contributed by atoms with E-state index >= 15 is 0 Å². The molecule has 102 valence electrons. The molecule has 1 aliphatic rings. The molecular weight excluding hydrogens is 214 g/mol. The lowest BCUT2D eigenvalue weighted by molar-refractivity contribution is -0.0318. The maximum absolute atomic E-state index is 9.82. The Hall–Kier alpha value is -0.120. The third-order valence-electron chi connectivity index (χ3n) is 3.28. The first-order valence-electron chi connectivity index (χ1n) is 6.91. The molecule has 1 saturated carbocycles. The highest BCUT2D eigenvalue weighted by Crippen LogP contribution is 2.25. The molecule has 3 atom stereocenters. The van der Waals surface area contributed by atoms with Crippen molar-refractivity contribution in [2.24, 2.45) is 5.92 Å². The van der Waals surface area contributed by atoms with Crippen LogP contribution in [0.5, 0.6) is 0 Å². The van der Waals surface area contributed by atoms with Gasteiger partial charge in [-0.05, 0) is 39.5 Å². The summed E-state index contributed by atoms with van der Waals surface area (Å²) in [6.45, 7) is 9.65. The van der Waals surface area contributed by atoms with Gasteiger partial charge in [0.25, 0.3) is 0 Å². The van der Waals surface area contributed by atoms with Crippen LogP contribution < -0.4 is 5.32 Å². The molecule has 17 heavy (non-hydrogen) atoms. The van der Waals surface area contributed by atoms with Crippen LogP contribution in [0.2, 0.25) is 0 Å². The number of hydrogen-bond donors (Lipinski definition) is 2. The minimum Gasteiger partial charge on any atom is -0.389 e. The van der Waals surface area contributed by atoms with Gasteiger partial charge in [0, 0.05) is 12.1 Å². The maximum atomic E-state index is 9.82. The predicted molar refractivity (Wildman–Crippen MR) is 71.1 cm³/mol. The molecule has 0 heterocycles. The summed E-state index contributed by atoms with van der Waals surface area (Å²) >= 11 is 0. The Morgan fingerprint density at radius 2 is 2.06 bits per heavy atom. The molecule has 0 aliphatic heterocycles. The van der Waals surface area contributed by atoms with Crippen LogP contribution >= 0.6 is 0 Å². The van der Waals surface area contributed by atoms with Crippen molar-refractivity contribution in [2.75, 3.05) is 13.2 Å². The third-order valence-corrected chi connectivity index (χ3v) is 3.28. The molecule has 2 N–H and O–H groups in total. The molecule has 3 heteroatoms. The molecule has 0 spiro atoms. The molecule has 3 unspecified atom stereocenters. The van der Waals surface area contributed by atoms with E-state index in [-0.39, 0.29) is 5.54 Å². The standard InChI is InChI=1S/C14H29NO2/c1-11-6-5-7-13(8-11)17-10-12(16)9-15-14(2,3)4/h11-13,15-16H,5-10H2,1-4H3. The minimum absolute atomic E-state index is 0.0559. The molecule has 0 aromatic heterocycles. The number of aliphatic hydroxyl groups is 1. The van der Waals surface area contributed by atoms with Crippen LogP contribution in [-0.2, 0) is 4.74 Å². The van der Waals surface area contributed by atoms with Gasteiger partial charge in [0.2, 0.25) is 0 Å². The Bertz CT molecular complexity index is 213. The van der Waals surface area contributed by atoms with Crippen LogP contribution in [0.3, 0.4) is 0 Å². The Morgan fingerprint density at radius 3 is 2.65 bits per heavy atom. The Morgan fingerprint density at radius 1 is 1.35 bits per heavy atom. The molecule has 0 saturated heterocycles. The van der Waals surface area contributed by atoms with Gasteiger partial charge in [-0.1, -0.05) is 19.8 Å². The number of β-amino-alcohol motifs (C(OH)–C–C–N with tert-alkyl or cyclic N) is 1. The summed E-state index contributed by atoms with van der Waals surface area (Å²) in [5, 5.41) is 13.1. The molecule has 1 fully saturated rings. The van der Waals surface area contributed by atoms with Gasteiger partial charge in [0.15, 0.2) is 0 Å². The van der Waals surface area contributed by atoms with E-state index in [1.807, 2.05) is 0 Å². The van der Waals surface area contributed by atoms with E-state index in [1.54, 1.807) is 0 Å². The van der Waals surface area contributed by atoms with E-state index in [2.05, 4.69) is 33.0 Å². The SMILES string of the molecule is CC1CCCC(OCC(O)CNC(C)(C)C)C1. The van der Waals surface area contributed by atoms with Crippen molar-refractivity contribution in [3.8, 4) is 0 Å². The van der Waals surface area contributed by atoms with Gasteiger partial charge in [-0.25, -0.2) is 0 Å². The molecule has 0 aromatic carbocycles. The second-order valence-electron chi connectivity index (χ2n) is 6.51. The van der Waals surface area contributed by atoms with Gasteiger partial charge in [0.1, 0.15) is 0 Å². The average Bonchev–Trinajstić information content (AvgIpc) is 2.23. The van der Waals surface area contributed by atoms with Crippen molar-refractivity contribution >= 4 is 0 Å². The van der Waals surface area contributed by atoms with Crippen LogP contribution in [-0.4, -0.2) is 36.0 Å². The Kier molecular flexibility index (Phi) is 5.90. The van der Waals surface area contributed by atoms with E-state index in [4.69, 9.17) is 4.74 Å². The highest BCUT2D eigenvalue weighted by Gasteiger charge is 2.20. The van der Waals surface area contributed by atoms with Crippen molar-refractivity contribution in [2.45, 2.75) is 71.1 Å². The van der Waals surface area contributed by atoms with Crippen molar-refractivity contribution in [3.63, 3.8) is 0 Å². The van der Waals surface area contributed by atoms with Crippen LogP contribution in [0.1, 0.15) is 53.4 Å². The molecule has 1 aliphatic carbocycles. The summed E-state index contributed by atoms with van der Waals surface area (Å²) in [6, 6.07) is 0. The van der Waals surface area contributed by atoms with Crippen LogP contribution in [0, 0.1) is 5.92 Å². The monoisotopic (exact) mass is 243 g/mol. The van der Waals surface area contributed by atoms with E-state index in [0.717, 1.165) is 18.8 Å². The fourth-order valence-corrected chi connectivity index (χ4v) is 2.26. The zero-order valence-electron chi connectivity index (χ0n) is 11.8. The summed E-state index contributed by atoms with van der Waals surface area (Å²) in [7, 11) is 0. The number of ether oxygens (including phenoxy) is 1. The lowest BCUT2D eigenvalue weighted by Gasteiger charge is -2.28. The number of aliphatic hydroxyl groups excluding tert-OH is 1. The zero-order valence-corrected chi connectivity index (χ0v) is 11.8. The van der Waals surface area contributed by atoms with Gasteiger partial charge < -0.3 is 15.2 Å². The van der Waals surface area contributed by atoms with Crippen LogP contribution in [0.15, 0.2) is 0 Å². The number of nitrogens with one attached hydrogen (secondary N) is 1. The summed E-state index contributed by atoms with van der Waals surface area (Å²) in [6.07, 6.45) is 4.87. The third kappa shape index (κ3) is 7.02. The highest BCUT2D eigenvalue weighted by atomic mass is 16.5. The van der Waals surface area contributed by atoms with Crippen LogP contribution in [0.25, 0.3) is 0 Å². The smallest absolute Gasteiger partial charge is 0.0898 e. The van der Waals surface area contributed by atoms with Gasteiger partial charge in [-0.15, -0.1) is 0 Å². The van der Waals surface area contributed by atoms with Gasteiger partial charge in [-0.3, -0.25) is 0 Å². The molecule has 0 amide bonds. The van der Waals surface area contributed by atoms with Gasteiger partial charge >= 0.3 is 0 Å². The summed E-state index contributed by atoms with van der Waals surface area (Å²) in [5.41, 5.74) is 0.0559. The first-order chi connectivity index (χ1) is 7.87. The first kappa shape index (κ1) is 14.9. The molecular formula is C14H29NO2. The summed E-state index contributed by atoms with van der Waals surface area (Å²) in [5.74, 6) is 0.776. The van der Waals surface area contributed by atoms with Gasteiger partial charge in [-0.2, -0.15) is 0 Å². The van der Waals surface area contributed by atoms with Crippen molar-refractivity contribution in [3.05, 3.63) is 0 Å². The lowest BCUT2D eigenvalue weighted by Crippen LogP contribution is -2.42. The second-order valence-corrected chi connectivity index (χ2v) is 6.51. The molecule has 1 rings (SSSR count).